The highest BCUT2D eigenvalue weighted by Crippen LogP contribution is 2.40. The molecule has 154 valence electrons. The Labute approximate surface area is 193 Å². The average molecular weight is 479 g/mol. The van der Waals surface area contributed by atoms with E-state index in [1.54, 1.807) is 7.11 Å². The zero-order valence-corrected chi connectivity index (χ0v) is 19.0. The molecule has 1 N–H and O–H groups in total. The van der Waals surface area contributed by atoms with E-state index in [-0.39, 0.29) is 0 Å². The van der Waals surface area contributed by atoms with E-state index in [2.05, 4.69) is 87.6 Å². The predicted octanol–water partition coefficient (Wildman–Crippen LogP) is 7.97. The number of nitrogens with one attached hydrogen (secondary N) is 1. The van der Waals surface area contributed by atoms with Crippen molar-refractivity contribution in [2.24, 2.45) is 0 Å². The van der Waals surface area contributed by atoms with Crippen molar-refractivity contribution in [1.29, 1.82) is 0 Å². The van der Waals surface area contributed by atoms with Gasteiger partial charge >= 0.3 is 0 Å². The molecular weight excluding hydrogens is 460 g/mol. The highest BCUT2D eigenvalue weighted by molar-refractivity contribution is 9.10. The van der Waals surface area contributed by atoms with E-state index in [9.17, 15) is 0 Å². The summed E-state index contributed by atoms with van der Waals surface area (Å²) in [5.41, 5.74) is 5.41. The smallest absolute Gasteiger partial charge is 0.138 e. The molecule has 0 unspecified atom stereocenters. The van der Waals surface area contributed by atoms with Gasteiger partial charge < -0.3 is 9.72 Å². The second kappa shape index (κ2) is 7.50. The summed E-state index contributed by atoms with van der Waals surface area (Å²) in [6.07, 6.45) is 0. The maximum atomic E-state index is 5.36. The zero-order valence-electron chi connectivity index (χ0n) is 17.4. The van der Waals surface area contributed by atoms with Crippen LogP contribution in [0.15, 0.2) is 95.5 Å². The summed E-state index contributed by atoms with van der Waals surface area (Å²) in [6, 6.07) is 31.5. The topological polar surface area (TPSA) is 37.9 Å². The number of fused-ring (bicyclic) bond motifs is 6. The van der Waals surface area contributed by atoms with Crippen LogP contribution >= 0.6 is 15.9 Å². The molecule has 0 fully saturated rings. The minimum absolute atomic E-state index is 0.849. The number of hydrogen-bond acceptors (Lipinski definition) is 2. The Morgan fingerprint density at radius 3 is 2.16 bits per heavy atom. The Morgan fingerprint density at radius 2 is 1.41 bits per heavy atom. The number of imidazole rings is 1. The van der Waals surface area contributed by atoms with Crippen LogP contribution in [0.25, 0.3) is 55.1 Å². The van der Waals surface area contributed by atoms with E-state index in [4.69, 9.17) is 9.72 Å². The standard InChI is InChI=1S/C28H19BrN2O/c1-32-20-15-11-17(12-16-20)21-7-4-8-23-22-5-2-3-6-24(22)26-27(25(21)23)31-28(30-26)18-9-13-19(29)14-10-18/h2-16H,1H3,(H,30,31). The Kier molecular flexibility index (Phi) is 4.47. The number of aromatic amines is 1. The highest BCUT2D eigenvalue weighted by atomic mass is 79.9. The molecule has 1 aromatic heterocycles. The molecule has 4 heteroatoms. The normalized spacial score (nSPS) is 11.4. The van der Waals surface area contributed by atoms with Gasteiger partial charge in [0.05, 0.1) is 18.1 Å². The van der Waals surface area contributed by atoms with Crippen molar-refractivity contribution in [1.82, 2.24) is 9.97 Å². The average Bonchev–Trinajstić information content (AvgIpc) is 3.30. The third-order valence-corrected chi connectivity index (χ3v) is 6.54. The van der Waals surface area contributed by atoms with Gasteiger partial charge in [-0.2, -0.15) is 0 Å². The van der Waals surface area contributed by atoms with Gasteiger partial charge in [0.1, 0.15) is 11.6 Å². The molecule has 0 aliphatic rings. The zero-order chi connectivity index (χ0) is 21.7. The first-order valence-corrected chi connectivity index (χ1v) is 11.3. The number of ether oxygens (including phenoxy) is 1. The second-order valence-electron chi connectivity index (χ2n) is 7.82. The highest BCUT2D eigenvalue weighted by Gasteiger charge is 2.17. The number of halogens is 1. The van der Waals surface area contributed by atoms with E-state index >= 15 is 0 Å². The van der Waals surface area contributed by atoms with Gasteiger partial charge in [0.25, 0.3) is 0 Å². The lowest BCUT2D eigenvalue weighted by Gasteiger charge is -2.11. The molecule has 5 aromatic carbocycles. The summed E-state index contributed by atoms with van der Waals surface area (Å²) in [6.45, 7) is 0. The van der Waals surface area contributed by atoms with Crippen molar-refractivity contribution in [3.63, 3.8) is 0 Å². The number of benzene rings is 5. The summed E-state index contributed by atoms with van der Waals surface area (Å²) in [5, 5.41) is 4.76. The van der Waals surface area contributed by atoms with Gasteiger partial charge in [0, 0.05) is 20.8 Å². The first-order valence-electron chi connectivity index (χ1n) is 10.5. The molecule has 0 aliphatic heterocycles. The first kappa shape index (κ1) is 19.1. The van der Waals surface area contributed by atoms with Crippen LogP contribution < -0.4 is 4.74 Å². The molecule has 0 radical (unpaired) electrons. The van der Waals surface area contributed by atoms with E-state index in [0.29, 0.717) is 0 Å². The third kappa shape index (κ3) is 2.99. The van der Waals surface area contributed by atoms with Crippen LogP contribution in [0, 0.1) is 0 Å². The summed E-state index contributed by atoms with van der Waals surface area (Å²) < 4.78 is 6.41. The molecular formula is C28H19BrN2O. The van der Waals surface area contributed by atoms with Gasteiger partial charge in [0.15, 0.2) is 0 Å². The van der Waals surface area contributed by atoms with E-state index < -0.39 is 0 Å². The molecule has 0 atom stereocenters. The van der Waals surface area contributed by atoms with Crippen molar-refractivity contribution < 1.29 is 4.74 Å². The fraction of sp³-hybridized carbons (Fsp3) is 0.0357. The number of nitrogens with zero attached hydrogens (tertiary/aromatic N) is 1. The van der Waals surface area contributed by atoms with Crippen molar-refractivity contribution in [2.45, 2.75) is 0 Å². The van der Waals surface area contributed by atoms with Crippen LogP contribution in [0.5, 0.6) is 5.75 Å². The molecule has 0 saturated heterocycles. The quantitative estimate of drug-likeness (QED) is 0.262. The van der Waals surface area contributed by atoms with Gasteiger partial charge in [-0.25, -0.2) is 4.98 Å². The van der Waals surface area contributed by atoms with Crippen LogP contribution in [0.4, 0.5) is 0 Å². The van der Waals surface area contributed by atoms with Crippen molar-refractivity contribution in [3.05, 3.63) is 95.5 Å². The molecule has 6 rings (SSSR count). The van der Waals surface area contributed by atoms with Gasteiger partial charge in [-0.1, -0.05) is 82.7 Å². The van der Waals surface area contributed by atoms with E-state index in [1.807, 2.05) is 24.3 Å². The lowest BCUT2D eigenvalue weighted by molar-refractivity contribution is 0.415. The molecule has 32 heavy (non-hydrogen) atoms. The minimum atomic E-state index is 0.849. The Bertz CT molecular complexity index is 1600. The summed E-state index contributed by atoms with van der Waals surface area (Å²) >= 11 is 3.52. The van der Waals surface area contributed by atoms with Gasteiger partial charge in [-0.15, -0.1) is 0 Å². The van der Waals surface area contributed by atoms with Crippen LogP contribution in [-0.4, -0.2) is 17.1 Å². The fourth-order valence-corrected chi connectivity index (χ4v) is 4.74. The molecule has 0 bridgehead atoms. The third-order valence-electron chi connectivity index (χ3n) is 6.01. The lowest BCUT2D eigenvalue weighted by atomic mass is 9.93. The predicted molar refractivity (Wildman–Crippen MR) is 136 cm³/mol. The number of H-pyrrole nitrogens is 1. The monoisotopic (exact) mass is 478 g/mol. The van der Waals surface area contributed by atoms with Crippen LogP contribution in [0.3, 0.4) is 0 Å². The van der Waals surface area contributed by atoms with Gasteiger partial charge in [-0.05, 0) is 46.2 Å². The van der Waals surface area contributed by atoms with Gasteiger partial charge in [0.2, 0.25) is 0 Å². The van der Waals surface area contributed by atoms with Gasteiger partial charge in [-0.3, -0.25) is 0 Å². The van der Waals surface area contributed by atoms with Crippen LogP contribution in [0.1, 0.15) is 0 Å². The number of aromatic nitrogens is 2. The maximum absolute atomic E-state index is 5.36. The van der Waals surface area contributed by atoms with Crippen LogP contribution in [0.2, 0.25) is 0 Å². The van der Waals surface area contributed by atoms with E-state index in [1.165, 1.54) is 16.2 Å². The Balaban J connectivity index is 1.72. The molecule has 3 nitrogen and oxygen atoms in total. The lowest BCUT2D eigenvalue weighted by Crippen LogP contribution is -1.87. The summed E-state index contributed by atoms with van der Waals surface area (Å²) in [5.74, 6) is 1.72. The molecule has 0 spiro atoms. The van der Waals surface area contributed by atoms with Crippen molar-refractivity contribution >= 4 is 48.5 Å². The van der Waals surface area contributed by atoms with Crippen LogP contribution in [-0.2, 0) is 0 Å². The molecule has 1 heterocycles. The first-order chi connectivity index (χ1) is 15.7. The SMILES string of the molecule is COc1ccc(-c2cccc3c4ccccc4c4[nH]c(-c5ccc(Br)cc5)nc4c23)cc1. The largest absolute Gasteiger partial charge is 0.497 e. The molecule has 0 aliphatic carbocycles. The minimum Gasteiger partial charge on any atom is -0.497 e. The Morgan fingerprint density at radius 1 is 0.719 bits per heavy atom. The molecule has 0 amide bonds. The summed E-state index contributed by atoms with van der Waals surface area (Å²) in [4.78, 5) is 8.73. The molecule has 6 aromatic rings. The maximum Gasteiger partial charge on any atom is 0.138 e. The van der Waals surface area contributed by atoms with Crippen molar-refractivity contribution in [2.75, 3.05) is 7.11 Å². The fourth-order valence-electron chi connectivity index (χ4n) is 4.47. The number of rotatable bonds is 3. The molecule has 0 saturated carbocycles. The number of hydrogen-bond donors (Lipinski definition) is 1. The number of methoxy groups -OCH3 is 1. The summed E-state index contributed by atoms with van der Waals surface area (Å²) in [7, 11) is 1.69. The van der Waals surface area contributed by atoms with E-state index in [0.717, 1.165) is 49.2 Å². The second-order valence-corrected chi connectivity index (χ2v) is 8.73. The van der Waals surface area contributed by atoms with Crippen molar-refractivity contribution in [3.8, 4) is 28.3 Å². The Hall–Kier alpha value is -3.63.